The molecule has 3 nitrogen and oxygen atoms in total. The first-order chi connectivity index (χ1) is 9.28. The van der Waals surface area contributed by atoms with Crippen LogP contribution in [0.1, 0.15) is 37.3 Å². The fraction of sp³-hybridized carbons (Fsp3) is 0.688. The van der Waals surface area contributed by atoms with E-state index in [9.17, 15) is 0 Å². The SMILES string of the molecule is CCCNCC1CCCN(Cc2cncc(C)c2)C1. The number of nitrogens with zero attached hydrogens (tertiary/aromatic N) is 2. The smallest absolute Gasteiger partial charge is 0.0313 e. The number of pyridine rings is 1. The molecule has 1 aliphatic heterocycles. The van der Waals surface area contributed by atoms with Crippen molar-refractivity contribution in [3.63, 3.8) is 0 Å². The van der Waals surface area contributed by atoms with Gasteiger partial charge in [-0.05, 0) is 62.9 Å². The lowest BCUT2D eigenvalue weighted by molar-refractivity contribution is 0.165. The van der Waals surface area contributed by atoms with Gasteiger partial charge >= 0.3 is 0 Å². The zero-order chi connectivity index (χ0) is 13.5. The summed E-state index contributed by atoms with van der Waals surface area (Å²) in [5, 5.41) is 3.56. The largest absolute Gasteiger partial charge is 0.316 e. The predicted molar refractivity (Wildman–Crippen MR) is 80.1 cm³/mol. The molecular formula is C16H27N3. The third kappa shape index (κ3) is 4.92. The zero-order valence-corrected chi connectivity index (χ0v) is 12.4. The van der Waals surface area contributed by atoms with E-state index < -0.39 is 0 Å². The Morgan fingerprint density at radius 3 is 3.11 bits per heavy atom. The Balaban J connectivity index is 1.80. The highest BCUT2D eigenvalue weighted by Gasteiger charge is 2.19. The summed E-state index contributed by atoms with van der Waals surface area (Å²) in [6.45, 7) is 10.2. The van der Waals surface area contributed by atoms with Gasteiger partial charge in [-0.25, -0.2) is 0 Å². The highest BCUT2D eigenvalue weighted by Crippen LogP contribution is 2.18. The molecule has 0 spiro atoms. The average Bonchev–Trinajstić information content (AvgIpc) is 2.39. The maximum atomic E-state index is 4.29. The third-order valence-electron chi connectivity index (χ3n) is 3.80. The van der Waals surface area contributed by atoms with Gasteiger partial charge in [-0.1, -0.05) is 13.0 Å². The standard InChI is InChI=1S/C16H27N3/c1-3-6-17-10-15-5-4-7-19(12-15)13-16-8-14(2)9-18-11-16/h8-9,11,15,17H,3-7,10,12-13H2,1-2H3. The molecule has 1 saturated heterocycles. The summed E-state index contributed by atoms with van der Waals surface area (Å²) in [5.74, 6) is 0.818. The van der Waals surface area contributed by atoms with Gasteiger partial charge < -0.3 is 5.32 Å². The number of aromatic nitrogens is 1. The Kier molecular flexibility index (Phi) is 5.80. The van der Waals surface area contributed by atoms with Gasteiger partial charge in [0.05, 0.1) is 0 Å². The molecule has 3 heteroatoms. The number of rotatable bonds is 6. The first-order valence-corrected chi connectivity index (χ1v) is 7.61. The predicted octanol–water partition coefficient (Wildman–Crippen LogP) is 2.60. The summed E-state index contributed by atoms with van der Waals surface area (Å²) in [6.07, 6.45) is 7.87. The number of likely N-dealkylation sites (tertiary alicyclic amines) is 1. The summed E-state index contributed by atoms with van der Waals surface area (Å²) in [7, 11) is 0. The minimum Gasteiger partial charge on any atom is -0.316 e. The van der Waals surface area contributed by atoms with Gasteiger partial charge in [-0.3, -0.25) is 9.88 Å². The van der Waals surface area contributed by atoms with Crippen molar-refractivity contribution in [2.45, 2.75) is 39.7 Å². The number of nitrogens with one attached hydrogen (secondary N) is 1. The van der Waals surface area contributed by atoms with Crippen LogP contribution in [0.5, 0.6) is 0 Å². The lowest BCUT2D eigenvalue weighted by atomic mass is 9.97. The maximum Gasteiger partial charge on any atom is 0.0313 e. The van der Waals surface area contributed by atoms with E-state index in [1.807, 2.05) is 12.4 Å². The van der Waals surface area contributed by atoms with Gasteiger partial charge in [0.25, 0.3) is 0 Å². The van der Waals surface area contributed by atoms with Gasteiger partial charge in [0.15, 0.2) is 0 Å². The second-order valence-corrected chi connectivity index (χ2v) is 5.82. The van der Waals surface area contributed by atoms with Gasteiger partial charge in [-0.2, -0.15) is 0 Å². The summed E-state index contributed by atoms with van der Waals surface area (Å²) in [5.41, 5.74) is 2.61. The monoisotopic (exact) mass is 261 g/mol. The molecule has 2 heterocycles. The molecule has 1 N–H and O–H groups in total. The van der Waals surface area contributed by atoms with Crippen molar-refractivity contribution >= 4 is 0 Å². The van der Waals surface area contributed by atoms with E-state index in [1.165, 1.54) is 50.0 Å². The molecule has 1 aromatic rings. The van der Waals surface area contributed by atoms with Crippen LogP contribution in [0.25, 0.3) is 0 Å². The number of piperidine rings is 1. The van der Waals surface area contributed by atoms with Crippen LogP contribution < -0.4 is 5.32 Å². The van der Waals surface area contributed by atoms with Crippen LogP contribution in [-0.2, 0) is 6.54 Å². The van der Waals surface area contributed by atoms with E-state index in [0.717, 1.165) is 19.0 Å². The van der Waals surface area contributed by atoms with Crippen molar-refractivity contribution in [3.05, 3.63) is 29.6 Å². The summed E-state index contributed by atoms with van der Waals surface area (Å²) in [6, 6.07) is 2.26. The molecule has 106 valence electrons. The molecule has 1 fully saturated rings. The molecule has 1 unspecified atom stereocenters. The van der Waals surface area contributed by atoms with E-state index in [4.69, 9.17) is 0 Å². The zero-order valence-electron chi connectivity index (χ0n) is 12.4. The molecule has 0 radical (unpaired) electrons. The fourth-order valence-electron chi connectivity index (χ4n) is 2.91. The lowest BCUT2D eigenvalue weighted by Crippen LogP contribution is -2.39. The van der Waals surface area contributed by atoms with Crippen molar-refractivity contribution in [1.82, 2.24) is 15.2 Å². The van der Waals surface area contributed by atoms with Crippen LogP contribution in [0, 0.1) is 12.8 Å². The van der Waals surface area contributed by atoms with Crippen LogP contribution in [0.4, 0.5) is 0 Å². The highest BCUT2D eigenvalue weighted by atomic mass is 15.1. The van der Waals surface area contributed by atoms with E-state index in [1.54, 1.807) is 0 Å². The van der Waals surface area contributed by atoms with Crippen molar-refractivity contribution in [3.8, 4) is 0 Å². The molecule has 1 aliphatic rings. The molecule has 19 heavy (non-hydrogen) atoms. The van der Waals surface area contributed by atoms with E-state index >= 15 is 0 Å². The maximum absolute atomic E-state index is 4.29. The van der Waals surface area contributed by atoms with Crippen molar-refractivity contribution in [2.24, 2.45) is 5.92 Å². The first kappa shape index (κ1) is 14.5. The Labute approximate surface area is 117 Å². The highest BCUT2D eigenvalue weighted by molar-refractivity contribution is 5.16. The Morgan fingerprint density at radius 1 is 1.42 bits per heavy atom. The molecule has 0 amide bonds. The van der Waals surface area contributed by atoms with Crippen LogP contribution >= 0.6 is 0 Å². The van der Waals surface area contributed by atoms with E-state index in [-0.39, 0.29) is 0 Å². The van der Waals surface area contributed by atoms with Crippen LogP contribution in [0.3, 0.4) is 0 Å². The fourth-order valence-corrected chi connectivity index (χ4v) is 2.91. The molecule has 0 saturated carbocycles. The van der Waals surface area contributed by atoms with Crippen molar-refractivity contribution in [1.29, 1.82) is 0 Å². The molecule has 0 bridgehead atoms. The second kappa shape index (κ2) is 7.61. The average molecular weight is 261 g/mol. The topological polar surface area (TPSA) is 28.2 Å². The molecule has 0 aromatic carbocycles. The van der Waals surface area contributed by atoms with Crippen molar-refractivity contribution in [2.75, 3.05) is 26.2 Å². The van der Waals surface area contributed by atoms with Gasteiger partial charge in [0.2, 0.25) is 0 Å². The van der Waals surface area contributed by atoms with Crippen LogP contribution in [0.15, 0.2) is 18.5 Å². The summed E-state index contributed by atoms with van der Waals surface area (Å²) < 4.78 is 0. The van der Waals surface area contributed by atoms with Crippen LogP contribution in [-0.4, -0.2) is 36.1 Å². The molecule has 1 atom stereocenters. The number of hydrogen-bond acceptors (Lipinski definition) is 3. The second-order valence-electron chi connectivity index (χ2n) is 5.82. The Hall–Kier alpha value is -0.930. The quantitative estimate of drug-likeness (QED) is 0.798. The van der Waals surface area contributed by atoms with Gasteiger partial charge in [0.1, 0.15) is 0 Å². The van der Waals surface area contributed by atoms with Crippen molar-refractivity contribution < 1.29 is 0 Å². The Bertz CT molecular complexity index is 378. The summed E-state index contributed by atoms with van der Waals surface area (Å²) in [4.78, 5) is 6.87. The molecule has 2 rings (SSSR count). The molecule has 0 aliphatic carbocycles. The van der Waals surface area contributed by atoms with Crippen LogP contribution in [0.2, 0.25) is 0 Å². The van der Waals surface area contributed by atoms with E-state index in [0.29, 0.717) is 0 Å². The molecule has 1 aromatic heterocycles. The Morgan fingerprint density at radius 2 is 2.32 bits per heavy atom. The number of aryl methyl sites for hydroxylation is 1. The normalized spacial score (nSPS) is 20.6. The lowest BCUT2D eigenvalue weighted by Gasteiger charge is -2.32. The summed E-state index contributed by atoms with van der Waals surface area (Å²) >= 11 is 0. The minimum absolute atomic E-state index is 0.818. The first-order valence-electron chi connectivity index (χ1n) is 7.61. The van der Waals surface area contributed by atoms with E-state index in [2.05, 4.69) is 35.1 Å². The number of hydrogen-bond donors (Lipinski definition) is 1. The third-order valence-corrected chi connectivity index (χ3v) is 3.80. The van der Waals surface area contributed by atoms with Gasteiger partial charge in [-0.15, -0.1) is 0 Å². The van der Waals surface area contributed by atoms with Gasteiger partial charge in [0, 0.05) is 25.5 Å². The molecular weight excluding hydrogens is 234 g/mol. The minimum atomic E-state index is 0.818.